The predicted molar refractivity (Wildman–Crippen MR) is 113 cm³/mol. The summed E-state index contributed by atoms with van der Waals surface area (Å²) in [5, 5.41) is 2.80. The fourth-order valence-corrected chi connectivity index (χ4v) is 4.73. The monoisotopic (exact) mass is 357 g/mol. The number of piperidine rings is 1. The van der Waals surface area contributed by atoms with Gasteiger partial charge in [-0.1, -0.05) is 36.4 Å². The van der Waals surface area contributed by atoms with E-state index in [2.05, 4.69) is 75.8 Å². The number of hydrogen-bond donors (Lipinski definition) is 2. The van der Waals surface area contributed by atoms with E-state index in [-0.39, 0.29) is 0 Å². The molecule has 0 spiro atoms. The van der Waals surface area contributed by atoms with E-state index in [9.17, 15) is 0 Å². The lowest BCUT2D eigenvalue weighted by atomic mass is 9.89. The van der Waals surface area contributed by atoms with Crippen LogP contribution in [0, 0.1) is 0 Å². The molecule has 0 bridgehead atoms. The normalized spacial score (nSPS) is 16.4. The highest BCUT2D eigenvalue weighted by Gasteiger charge is 2.22. The fraction of sp³-hybridized carbons (Fsp3) is 0.333. The van der Waals surface area contributed by atoms with E-state index in [1.807, 2.05) is 0 Å². The molecule has 1 aliphatic rings. The van der Waals surface area contributed by atoms with Crippen LogP contribution in [0.2, 0.25) is 0 Å². The van der Waals surface area contributed by atoms with Gasteiger partial charge in [0.15, 0.2) is 0 Å². The second-order valence-electron chi connectivity index (χ2n) is 7.87. The quantitative estimate of drug-likeness (QED) is 0.488. The van der Waals surface area contributed by atoms with Crippen LogP contribution >= 0.6 is 0 Å². The van der Waals surface area contributed by atoms with Gasteiger partial charge in [0.1, 0.15) is 0 Å². The van der Waals surface area contributed by atoms with E-state index in [1.165, 1.54) is 71.8 Å². The third-order valence-electron chi connectivity index (χ3n) is 6.24. The summed E-state index contributed by atoms with van der Waals surface area (Å²) in [7, 11) is 0. The van der Waals surface area contributed by atoms with Gasteiger partial charge in [0.2, 0.25) is 0 Å². The minimum atomic E-state index is 0.700. The average molecular weight is 358 g/mol. The van der Waals surface area contributed by atoms with Gasteiger partial charge in [-0.05, 0) is 74.5 Å². The number of nitrogens with zero attached hydrogens (tertiary/aromatic N) is 1. The standard InChI is InChI=1S/C24H27N3/c1-3-9-23-20(7-1)19(16-25-23)6-5-13-27-14-11-18(12-15-27)22-17-26-24-10-4-2-8-21(22)24/h1-4,7-10,16-18,25-26H,5-6,11-15H2. The summed E-state index contributed by atoms with van der Waals surface area (Å²) in [4.78, 5) is 9.49. The third-order valence-corrected chi connectivity index (χ3v) is 6.24. The number of hydrogen-bond acceptors (Lipinski definition) is 1. The Morgan fingerprint density at radius 1 is 0.815 bits per heavy atom. The Hall–Kier alpha value is -2.52. The number of benzene rings is 2. The van der Waals surface area contributed by atoms with Gasteiger partial charge in [-0.3, -0.25) is 0 Å². The molecule has 0 unspecified atom stereocenters. The maximum Gasteiger partial charge on any atom is 0.0456 e. The summed E-state index contributed by atoms with van der Waals surface area (Å²) in [5.74, 6) is 0.700. The van der Waals surface area contributed by atoms with Gasteiger partial charge in [-0.25, -0.2) is 0 Å². The van der Waals surface area contributed by atoms with Crippen LogP contribution in [-0.4, -0.2) is 34.5 Å². The number of likely N-dealkylation sites (tertiary alicyclic amines) is 1. The summed E-state index contributed by atoms with van der Waals surface area (Å²) in [6.45, 7) is 3.65. The number of aromatic nitrogens is 2. The van der Waals surface area contributed by atoms with Crippen molar-refractivity contribution < 1.29 is 0 Å². The van der Waals surface area contributed by atoms with E-state index >= 15 is 0 Å². The SMILES string of the molecule is c1ccc2c(CCCN3CCC(c4c[nH]c5ccccc45)CC3)c[nH]c2c1. The predicted octanol–water partition coefficient (Wildman–Crippen LogP) is 5.46. The van der Waals surface area contributed by atoms with E-state index in [4.69, 9.17) is 0 Å². The van der Waals surface area contributed by atoms with Gasteiger partial charge in [-0.15, -0.1) is 0 Å². The first kappa shape index (κ1) is 16.6. The number of H-pyrrole nitrogens is 2. The first-order chi connectivity index (χ1) is 13.4. The average Bonchev–Trinajstić information content (AvgIpc) is 3.33. The molecule has 1 aliphatic heterocycles. The molecule has 0 aliphatic carbocycles. The van der Waals surface area contributed by atoms with Crippen LogP contribution in [-0.2, 0) is 6.42 Å². The van der Waals surface area contributed by atoms with Crippen molar-refractivity contribution in [2.24, 2.45) is 0 Å². The second kappa shape index (κ2) is 7.24. The largest absolute Gasteiger partial charge is 0.361 e. The molecule has 3 nitrogen and oxygen atoms in total. The van der Waals surface area contributed by atoms with Gasteiger partial charge < -0.3 is 14.9 Å². The second-order valence-corrected chi connectivity index (χ2v) is 7.87. The Labute approximate surface area is 160 Å². The Balaban J connectivity index is 1.15. The lowest BCUT2D eigenvalue weighted by Gasteiger charge is -2.32. The highest BCUT2D eigenvalue weighted by atomic mass is 15.1. The van der Waals surface area contributed by atoms with Crippen molar-refractivity contribution in [2.75, 3.05) is 19.6 Å². The van der Waals surface area contributed by atoms with E-state index < -0.39 is 0 Å². The number of nitrogens with one attached hydrogen (secondary N) is 2. The molecular weight excluding hydrogens is 330 g/mol. The number of rotatable bonds is 5. The minimum absolute atomic E-state index is 0.700. The van der Waals surface area contributed by atoms with Crippen molar-refractivity contribution in [3.05, 3.63) is 72.1 Å². The van der Waals surface area contributed by atoms with Crippen molar-refractivity contribution >= 4 is 21.8 Å². The molecule has 3 heterocycles. The minimum Gasteiger partial charge on any atom is -0.361 e. The zero-order chi connectivity index (χ0) is 18.1. The van der Waals surface area contributed by atoms with Gasteiger partial charge in [0.25, 0.3) is 0 Å². The molecular formula is C24H27N3. The van der Waals surface area contributed by atoms with Crippen LogP contribution in [0.5, 0.6) is 0 Å². The first-order valence-electron chi connectivity index (χ1n) is 10.2. The molecule has 2 aromatic carbocycles. The molecule has 1 fully saturated rings. The van der Waals surface area contributed by atoms with Gasteiger partial charge >= 0.3 is 0 Å². The van der Waals surface area contributed by atoms with Crippen LogP contribution in [0.4, 0.5) is 0 Å². The molecule has 5 rings (SSSR count). The van der Waals surface area contributed by atoms with Crippen molar-refractivity contribution in [2.45, 2.75) is 31.6 Å². The smallest absolute Gasteiger partial charge is 0.0456 e. The molecule has 0 amide bonds. The molecule has 2 N–H and O–H groups in total. The molecule has 2 aromatic heterocycles. The Morgan fingerprint density at radius 2 is 1.48 bits per heavy atom. The lowest BCUT2D eigenvalue weighted by molar-refractivity contribution is 0.211. The Kier molecular flexibility index (Phi) is 4.46. The van der Waals surface area contributed by atoms with E-state index in [0.29, 0.717) is 5.92 Å². The molecule has 4 aromatic rings. The van der Waals surface area contributed by atoms with Crippen molar-refractivity contribution in [1.29, 1.82) is 0 Å². The Bertz CT molecular complexity index is 1030. The number of para-hydroxylation sites is 2. The molecule has 27 heavy (non-hydrogen) atoms. The summed E-state index contributed by atoms with van der Waals surface area (Å²) in [5.41, 5.74) is 5.50. The maximum absolute atomic E-state index is 3.44. The van der Waals surface area contributed by atoms with E-state index in [1.54, 1.807) is 0 Å². The topological polar surface area (TPSA) is 34.8 Å². The van der Waals surface area contributed by atoms with Crippen LogP contribution in [0.15, 0.2) is 60.9 Å². The summed E-state index contributed by atoms with van der Waals surface area (Å²) >= 11 is 0. The fourth-order valence-electron chi connectivity index (χ4n) is 4.73. The third kappa shape index (κ3) is 3.28. The molecule has 0 radical (unpaired) electrons. The number of fused-ring (bicyclic) bond motifs is 2. The van der Waals surface area contributed by atoms with Crippen LogP contribution in [0.25, 0.3) is 21.8 Å². The number of aromatic amines is 2. The van der Waals surface area contributed by atoms with Crippen molar-refractivity contribution in [3.8, 4) is 0 Å². The van der Waals surface area contributed by atoms with Crippen LogP contribution < -0.4 is 0 Å². The zero-order valence-electron chi connectivity index (χ0n) is 15.7. The van der Waals surface area contributed by atoms with Crippen molar-refractivity contribution in [3.63, 3.8) is 0 Å². The zero-order valence-corrected chi connectivity index (χ0v) is 15.7. The highest BCUT2D eigenvalue weighted by Crippen LogP contribution is 2.33. The summed E-state index contributed by atoms with van der Waals surface area (Å²) in [6.07, 6.45) is 9.37. The summed E-state index contributed by atoms with van der Waals surface area (Å²) in [6, 6.07) is 17.3. The molecule has 1 saturated heterocycles. The first-order valence-corrected chi connectivity index (χ1v) is 10.2. The molecule has 3 heteroatoms. The lowest BCUT2D eigenvalue weighted by Crippen LogP contribution is -2.33. The van der Waals surface area contributed by atoms with Crippen molar-refractivity contribution in [1.82, 2.24) is 14.9 Å². The van der Waals surface area contributed by atoms with Gasteiger partial charge in [0, 0.05) is 34.2 Å². The molecule has 0 saturated carbocycles. The molecule has 0 atom stereocenters. The van der Waals surface area contributed by atoms with Crippen LogP contribution in [0.1, 0.15) is 36.3 Å². The van der Waals surface area contributed by atoms with Crippen LogP contribution in [0.3, 0.4) is 0 Å². The van der Waals surface area contributed by atoms with E-state index in [0.717, 1.165) is 6.42 Å². The number of aryl methyl sites for hydroxylation is 1. The van der Waals surface area contributed by atoms with Gasteiger partial charge in [-0.2, -0.15) is 0 Å². The summed E-state index contributed by atoms with van der Waals surface area (Å²) < 4.78 is 0. The highest BCUT2D eigenvalue weighted by molar-refractivity contribution is 5.84. The molecule has 138 valence electrons. The Morgan fingerprint density at radius 3 is 2.30 bits per heavy atom. The van der Waals surface area contributed by atoms with Gasteiger partial charge in [0.05, 0.1) is 0 Å². The maximum atomic E-state index is 3.44.